The summed E-state index contributed by atoms with van der Waals surface area (Å²) in [6.45, 7) is -1.02. The number of aromatic carboxylic acids is 1. The molecule has 2 aliphatic carbocycles. The number of rotatable bonds is 13. The van der Waals surface area contributed by atoms with Gasteiger partial charge in [0.25, 0.3) is 15.9 Å². The summed E-state index contributed by atoms with van der Waals surface area (Å²) in [6.07, 6.45) is -5.68. The normalized spacial score (nSPS) is 14.9. The average molecular weight is 1020 g/mol. The lowest BCUT2D eigenvalue weighted by Crippen LogP contribution is -2.31. The number of benzene rings is 2. The fraction of sp³-hybridized carbons (Fsp3) is 0.250. The van der Waals surface area contributed by atoms with Crippen LogP contribution in [0, 0.1) is 10.8 Å². The number of primary sulfonamides is 1. The van der Waals surface area contributed by atoms with E-state index < -0.39 is 68.3 Å². The van der Waals surface area contributed by atoms with Crippen molar-refractivity contribution < 1.29 is 67.3 Å². The second-order valence-electron chi connectivity index (χ2n) is 14.8. The van der Waals surface area contributed by atoms with Gasteiger partial charge in [-0.05, 0) is 74.2 Å². The first-order valence-corrected chi connectivity index (χ1v) is 22.9. The molecule has 0 saturated heterocycles. The van der Waals surface area contributed by atoms with Crippen LogP contribution in [0.5, 0.6) is 11.8 Å². The maximum absolute atomic E-state index is 13.0. The summed E-state index contributed by atoms with van der Waals surface area (Å²) in [6, 6.07) is 23.2. The first-order chi connectivity index (χ1) is 31.3. The number of hydrogen-bond donors (Lipinski definition) is 3. The maximum atomic E-state index is 13.0. The van der Waals surface area contributed by atoms with Crippen LogP contribution in [0.4, 0.5) is 26.3 Å². The van der Waals surface area contributed by atoms with Crippen LogP contribution in [-0.2, 0) is 20.0 Å². The van der Waals surface area contributed by atoms with E-state index in [1.807, 2.05) is 4.72 Å². The lowest BCUT2D eigenvalue weighted by atomic mass is 10.1. The van der Waals surface area contributed by atoms with E-state index in [1.54, 1.807) is 24.3 Å². The number of alkyl halides is 6. The van der Waals surface area contributed by atoms with Gasteiger partial charge in [-0.25, -0.2) is 50.8 Å². The third-order valence-corrected chi connectivity index (χ3v) is 12.8. The molecule has 8 rings (SSSR count). The fourth-order valence-corrected chi connectivity index (χ4v) is 7.64. The second kappa shape index (κ2) is 19.5. The number of nitrogens with two attached hydrogens (primary N) is 1. The summed E-state index contributed by atoms with van der Waals surface area (Å²) in [5, 5.41) is 21.2. The van der Waals surface area contributed by atoms with Gasteiger partial charge in [-0.15, -0.1) is 10.2 Å². The van der Waals surface area contributed by atoms with Gasteiger partial charge >= 0.3 is 18.3 Å². The SMILES string of the molecule is NS(=O)(=O)c1ccccc1.O=C(NS(=O)(=O)c1ccccc1)c1ccc(-n2ccc(OCC3(C(F)(F)F)CC3)n2)nc1Cl.O=C(O)c1ccc(-n2ccc(OCC3(C(F)(F)F)CC3)n2)nc1Cl. The number of amides is 1. The standard InChI is InChI=1S/C20H16ClF3N4O4S.C14H11ClF3N3O3.C6H7NO2S/c21-17-14(18(29)27-33(30,31)13-4-2-1-3-5-13)6-7-15(25-17)28-11-8-16(26-28)32-12-19(9-10-19)20(22,23)24;15-11-8(12(22)23)1-2-9(19-11)21-6-3-10(20-21)24-7-13(4-5-13)14(16,17)18;7-10(8,9)6-4-2-1-3-5-6/h1-8,11H,9-10,12H2,(H,27,29);1-3,6H,4-5,7H2,(H,22,23);1-5H,(H2,7,8,9). The van der Waals surface area contributed by atoms with E-state index in [2.05, 4.69) is 20.2 Å². The number of carboxylic acid groups (broad SMARTS) is 1. The molecule has 0 bridgehead atoms. The lowest BCUT2D eigenvalue weighted by Gasteiger charge is -2.18. The molecule has 4 aromatic heterocycles. The Balaban J connectivity index is 0.000000189. The molecule has 2 saturated carbocycles. The summed E-state index contributed by atoms with van der Waals surface area (Å²) >= 11 is 11.8. The Kier molecular flexibility index (Phi) is 14.6. The molecule has 2 fully saturated rings. The fourth-order valence-electron chi connectivity index (χ4n) is 5.65. The molecule has 17 nitrogen and oxygen atoms in total. The monoisotopic (exact) mass is 1020 g/mol. The van der Waals surface area contributed by atoms with E-state index in [4.69, 9.17) is 42.9 Å². The zero-order valence-corrected chi connectivity index (χ0v) is 37.1. The van der Waals surface area contributed by atoms with E-state index in [1.165, 1.54) is 94.6 Å². The summed E-state index contributed by atoms with van der Waals surface area (Å²) in [7, 11) is -7.61. The number of ether oxygens (including phenoxy) is 2. The van der Waals surface area contributed by atoms with Crippen molar-refractivity contribution in [3.8, 4) is 23.4 Å². The number of aromatic nitrogens is 6. The lowest BCUT2D eigenvalue weighted by molar-refractivity contribution is -0.195. The first-order valence-electron chi connectivity index (χ1n) is 19.1. The van der Waals surface area contributed by atoms with Crippen LogP contribution < -0.4 is 19.3 Å². The molecule has 0 unspecified atom stereocenters. The third-order valence-electron chi connectivity index (χ3n) is 10.00. The van der Waals surface area contributed by atoms with Crippen molar-refractivity contribution in [2.75, 3.05) is 13.2 Å². The van der Waals surface area contributed by atoms with E-state index in [0.717, 1.165) is 0 Å². The molecule has 356 valence electrons. The molecule has 0 radical (unpaired) electrons. The van der Waals surface area contributed by atoms with Gasteiger partial charge in [0, 0.05) is 24.5 Å². The molecule has 6 aromatic rings. The smallest absolute Gasteiger partial charge is 0.397 e. The highest BCUT2D eigenvalue weighted by Crippen LogP contribution is 2.58. The van der Waals surface area contributed by atoms with Gasteiger partial charge in [0.1, 0.15) is 34.3 Å². The minimum Gasteiger partial charge on any atom is -0.478 e. The van der Waals surface area contributed by atoms with Crippen molar-refractivity contribution in [1.29, 1.82) is 0 Å². The van der Waals surface area contributed by atoms with Gasteiger partial charge in [0.15, 0.2) is 11.6 Å². The number of hydrogen-bond acceptors (Lipinski definition) is 12. The predicted molar refractivity (Wildman–Crippen MR) is 225 cm³/mol. The Morgan fingerprint density at radius 3 is 1.40 bits per heavy atom. The van der Waals surface area contributed by atoms with Gasteiger partial charge in [0.05, 0.1) is 20.9 Å². The van der Waals surface area contributed by atoms with E-state index in [9.17, 15) is 52.8 Å². The zero-order valence-electron chi connectivity index (χ0n) is 33.9. The van der Waals surface area contributed by atoms with E-state index >= 15 is 0 Å². The number of nitrogens with zero attached hydrogens (tertiary/aromatic N) is 6. The van der Waals surface area contributed by atoms with Crippen LogP contribution >= 0.6 is 23.2 Å². The number of pyridine rings is 2. The maximum Gasteiger partial charge on any atom is 0.397 e. The van der Waals surface area contributed by atoms with Crippen LogP contribution in [0.25, 0.3) is 11.6 Å². The highest BCUT2D eigenvalue weighted by molar-refractivity contribution is 7.90. The molecule has 4 heterocycles. The van der Waals surface area contributed by atoms with Gasteiger partial charge in [-0.1, -0.05) is 59.6 Å². The van der Waals surface area contributed by atoms with Crippen LogP contribution in [0.15, 0.2) is 119 Å². The number of nitrogens with one attached hydrogen (secondary N) is 1. The summed E-state index contributed by atoms with van der Waals surface area (Å²) in [5.74, 6) is -1.84. The molecule has 4 N–H and O–H groups in total. The topological polar surface area (TPSA) is 241 Å². The Bertz CT molecular complexity index is 2970. The summed E-state index contributed by atoms with van der Waals surface area (Å²) in [5.41, 5.74) is -3.95. The first kappa shape index (κ1) is 50.1. The second-order valence-corrected chi connectivity index (χ2v) is 18.7. The van der Waals surface area contributed by atoms with Gasteiger partial charge < -0.3 is 14.6 Å². The Morgan fingerprint density at radius 1 is 0.657 bits per heavy atom. The van der Waals surface area contributed by atoms with Crippen LogP contribution in [-0.4, -0.2) is 88.9 Å². The molecule has 2 aliphatic rings. The molecule has 67 heavy (non-hydrogen) atoms. The Labute approximate surface area is 386 Å². The third kappa shape index (κ3) is 12.4. The Hall–Kier alpha value is -6.28. The molecule has 27 heteroatoms. The Morgan fingerprint density at radius 2 is 1.06 bits per heavy atom. The number of carboxylic acids is 1. The van der Waals surface area contributed by atoms with E-state index in [0.29, 0.717) is 0 Å². The minimum absolute atomic E-state index is 0.0118. The van der Waals surface area contributed by atoms with Crippen molar-refractivity contribution in [3.05, 3.63) is 131 Å². The molecular formula is C40H34Cl2F6N8O9S2. The van der Waals surface area contributed by atoms with Gasteiger partial charge in [-0.3, -0.25) is 4.79 Å². The average Bonchev–Trinajstić information content (AvgIpc) is 4.15. The van der Waals surface area contributed by atoms with Crippen LogP contribution in [0.2, 0.25) is 10.3 Å². The summed E-state index contributed by atoms with van der Waals surface area (Å²) in [4.78, 5) is 31.3. The van der Waals surface area contributed by atoms with Crippen molar-refractivity contribution in [1.82, 2.24) is 34.3 Å². The highest BCUT2D eigenvalue weighted by atomic mass is 35.5. The van der Waals surface area contributed by atoms with Crippen LogP contribution in [0.1, 0.15) is 46.4 Å². The molecule has 0 spiro atoms. The quantitative estimate of drug-likeness (QED) is 0.0754. The van der Waals surface area contributed by atoms with Gasteiger partial charge in [0.2, 0.25) is 21.8 Å². The van der Waals surface area contributed by atoms with E-state index in [-0.39, 0.29) is 80.3 Å². The van der Waals surface area contributed by atoms with Gasteiger partial charge in [-0.2, -0.15) is 26.3 Å². The van der Waals surface area contributed by atoms with Crippen LogP contribution in [0.3, 0.4) is 0 Å². The number of carbonyl (C=O) groups excluding carboxylic acids is 1. The van der Waals surface area contributed by atoms with Crippen molar-refractivity contribution >= 4 is 55.1 Å². The zero-order chi connectivity index (χ0) is 49.0. The molecule has 1 amide bonds. The molecule has 2 aromatic carbocycles. The van der Waals surface area contributed by atoms with Crippen molar-refractivity contribution in [3.63, 3.8) is 0 Å². The number of sulfonamides is 2. The largest absolute Gasteiger partial charge is 0.478 e. The number of carbonyl (C=O) groups is 2. The predicted octanol–water partition coefficient (Wildman–Crippen LogP) is 7.43. The number of halogens is 8. The molecule has 0 aliphatic heterocycles. The van der Waals surface area contributed by atoms with Crippen molar-refractivity contribution in [2.45, 2.75) is 47.8 Å². The minimum atomic E-state index is -4.34. The highest BCUT2D eigenvalue weighted by Gasteiger charge is 2.64. The van der Waals surface area contributed by atoms with Crippen molar-refractivity contribution in [2.24, 2.45) is 16.0 Å². The summed E-state index contributed by atoms with van der Waals surface area (Å²) < 4.78 is 138. The molecule has 0 atom stereocenters. The molecular weight excluding hydrogens is 986 g/mol.